The van der Waals surface area contributed by atoms with Crippen LogP contribution in [0.25, 0.3) is 0 Å². The third-order valence-corrected chi connectivity index (χ3v) is 5.23. The Morgan fingerprint density at radius 1 is 1.35 bits per heavy atom. The first kappa shape index (κ1) is 17.0. The summed E-state index contributed by atoms with van der Waals surface area (Å²) in [4.78, 5) is 18.7. The predicted molar refractivity (Wildman–Crippen MR) is 92.2 cm³/mol. The number of carbonyl (C=O) groups excluding carboxylic acids is 1. The summed E-state index contributed by atoms with van der Waals surface area (Å²) in [6.07, 6.45) is 4.87. The molecule has 0 bridgehead atoms. The van der Waals surface area contributed by atoms with Gasteiger partial charge in [-0.3, -0.25) is 9.78 Å². The molecule has 0 aromatic carbocycles. The Morgan fingerprint density at radius 2 is 2.19 bits per heavy atom. The van der Waals surface area contributed by atoms with Gasteiger partial charge in [0.25, 0.3) is 0 Å². The van der Waals surface area contributed by atoms with Crippen LogP contribution in [0, 0.1) is 5.92 Å². The lowest BCUT2D eigenvalue weighted by Crippen LogP contribution is -2.48. The summed E-state index contributed by atoms with van der Waals surface area (Å²) in [7, 11) is 0. The molecule has 1 atom stereocenters. The lowest BCUT2D eigenvalue weighted by molar-refractivity contribution is -0.144. The van der Waals surface area contributed by atoms with Crippen LogP contribution in [0.5, 0.6) is 5.75 Å². The van der Waals surface area contributed by atoms with Crippen molar-refractivity contribution in [1.82, 2.24) is 24.6 Å². The van der Waals surface area contributed by atoms with Crippen molar-refractivity contribution in [1.29, 1.82) is 0 Å². The smallest absolute Gasteiger partial charge is 0.226 e. The average molecular weight is 357 g/mol. The van der Waals surface area contributed by atoms with Gasteiger partial charge in [-0.2, -0.15) is 0 Å². The topological polar surface area (TPSA) is 93.4 Å². The molecule has 0 spiro atoms. The SMILES string of the molecule is C[C@H]1Cc2nnc(COc3cccnc3)n2CCN1C(=O)C1CC(O)C1. The number of aromatic nitrogens is 4. The fraction of sp³-hybridized carbons (Fsp3) is 0.556. The van der Waals surface area contributed by atoms with Crippen LogP contribution in [0.3, 0.4) is 0 Å². The monoisotopic (exact) mass is 357 g/mol. The van der Waals surface area contributed by atoms with Crippen molar-refractivity contribution >= 4 is 5.91 Å². The van der Waals surface area contributed by atoms with Gasteiger partial charge >= 0.3 is 0 Å². The molecule has 0 saturated heterocycles. The van der Waals surface area contributed by atoms with Crippen LogP contribution in [0.4, 0.5) is 0 Å². The summed E-state index contributed by atoms with van der Waals surface area (Å²) in [6, 6.07) is 3.74. The number of amides is 1. The molecule has 8 nitrogen and oxygen atoms in total. The molecule has 1 aliphatic heterocycles. The minimum Gasteiger partial charge on any atom is -0.484 e. The summed E-state index contributed by atoms with van der Waals surface area (Å²) in [6.45, 7) is 3.63. The van der Waals surface area contributed by atoms with Crippen molar-refractivity contribution in [2.45, 2.75) is 51.5 Å². The van der Waals surface area contributed by atoms with E-state index in [1.165, 1.54) is 0 Å². The molecule has 1 amide bonds. The van der Waals surface area contributed by atoms with E-state index in [2.05, 4.69) is 19.7 Å². The zero-order chi connectivity index (χ0) is 18.1. The largest absolute Gasteiger partial charge is 0.484 e. The molecular weight excluding hydrogens is 334 g/mol. The van der Waals surface area contributed by atoms with Crippen molar-refractivity contribution in [3.8, 4) is 5.75 Å². The second-order valence-electron chi connectivity index (χ2n) is 7.07. The first-order valence-corrected chi connectivity index (χ1v) is 9.04. The third kappa shape index (κ3) is 3.29. The minimum atomic E-state index is -0.317. The molecule has 138 valence electrons. The van der Waals surface area contributed by atoms with Crippen molar-refractivity contribution < 1.29 is 14.6 Å². The second-order valence-corrected chi connectivity index (χ2v) is 7.07. The molecule has 3 heterocycles. The molecule has 0 unspecified atom stereocenters. The normalized spacial score (nSPS) is 25.2. The Bertz CT molecular complexity index is 772. The van der Waals surface area contributed by atoms with E-state index in [-0.39, 0.29) is 24.0 Å². The van der Waals surface area contributed by atoms with Gasteiger partial charge in [0.2, 0.25) is 5.91 Å². The van der Waals surface area contributed by atoms with Crippen LogP contribution in [0.1, 0.15) is 31.4 Å². The molecule has 2 aromatic heterocycles. The van der Waals surface area contributed by atoms with Crippen LogP contribution >= 0.6 is 0 Å². The first-order chi connectivity index (χ1) is 12.6. The Balaban J connectivity index is 1.43. The zero-order valence-electron chi connectivity index (χ0n) is 14.8. The third-order valence-electron chi connectivity index (χ3n) is 5.23. The van der Waals surface area contributed by atoms with E-state index in [0.717, 1.165) is 11.6 Å². The van der Waals surface area contributed by atoms with E-state index in [4.69, 9.17) is 4.74 Å². The summed E-state index contributed by atoms with van der Waals surface area (Å²) in [5, 5.41) is 18.0. The lowest BCUT2D eigenvalue weighted by Gasteiger charge is -2.36. The van der Waals surface area contributed by atoms with E-state index in [1.54, 1.807) is 12.4 Å². The van der Waals surface area contributed by atoms with Crippen LogP contribution < -0.4 is 4.74 Å². The maximum atomic E-state index is 12.7. The van der Waals surface area contributed by atoms with Gasteiger partial charge in [-0.25, -0.2) is 0 Å². The van der Waals surface area contributed by atoms with Crippen molar-refractivity contribution in [3.63, 3.8) is 0 Å². The molecule has 8 heteroatoms. The fourth-order valence-electron chi connectivity index (χ4n) is 3.62. The predicted octanol–water partition coefficient (Wildman–Crippen LogP) is 0.796. The van der Waals surface area contributed by atoms with Gasteiger partial charge in [0, 0.05) is 37.7 Å². The molecule has 0 radical (unpaired) electrons. The highest BCUT2D eigenvalue weighted by Gasteiger charge is 2.38. The number of nitrogens with zero attached hydrogens (tertiary/aromatic N) is 5. The van der Waals surface area contributed by atoms with Crippen LogP contribution in [0.15, 0.2) is 24.5 Å². The molecule has 2 aliphatic rings. The molecule has 4 rings (SSSR count). The van der Waals surface area contributed by atoms with E-state index in [9.17, 15) is 9.90 Å². The highest BCUT2D eigenvalue weighted by molar-refractivity contribution is 5.80. The summed E-state index contributed by atoms with van der Waals surface area (Å²) in [5.74, 6) is 2.43. The highest BCUT2D eigenvalue weighted by atomic mass is 16.5. The Kier molecular flexibility index (Phi) is 4.58. The quantitative estimate of drug-likeness (QED) is 0.870. The number of ether oxygens (including phenoxy) is 1. The van der Waals surface area contributed by atoms with E-state index < -0.39 is 0 Å². The van der Waals surface area contributed by atoms with Crippen LogP contribution in [-0.2, 0) is 24.4 Å². The Hall–Kier alpha value is -2.48. The summed E-state index contributed by atoms with van der Waals surface area (Å²) in [5.41, 5.74) is 0. The van der Waals surface area contributed by atoms with E-state index >= 15 is 0 Å². The number of pyridine rings is 1. The molecule has 1 aliphatic carbocycles. The van der Waals surface area contributed by atoms with Crippen LogP contribution in [-0.4, -0.2) is 54.4 Å². The first-order valence-electron chi connectivity index (χ1n) is 9.04. The Morgan fingerprint density at radius 3 is 2.92 bits per heavy atom. The standard InChI is InChI=1S/C18H23N5O3/c1-12-7-16-20-21-17(11-26-15-3-2-4-19-10-15)23(16)6-5-22(12)18(25)13-8-14(24)9-13/h2-4,10,12-14,24H,5-9,11H2,1H3/t12-,13?,14?/m0/s1. The van der Waals surface area contributed by atoms with Gasteiger partial charge in [0.1, 0.15) is 18.2 Å². The van der Waals surface area contributed by atoms with Gasteiger partial charge in [0.15, 0.2) is 5.82 Å². The molecule has 26 heavy (non-hydrogen) atoms. The number of rotatable bonds is 4. The maximum absolute atomic E-state index is 12.7. The summed E-state index contributed by atoms with van der Waals surface area (Å²) < 4.78 is 7.79. The number of aliphatic hydroxyl groups is 1. The maximum Gasteiger partial charge on any atom is 0.226 e. The van der Waals surface area contributed by atoms with E-state index in [0.29, 0.717) is 44.7 Å². The van der Waals surface area contributed by atoms with Gasteiger partial charge in [0.05, 0.1) is 12.3 Å². The molecule has 1 saturated carbocycles. The number of hydrogen-bond donors (Lipinski definition) is 1. The molecule has 1 fully saturated rings. The minimum absolute atomic E-state index is 0.0376. The lowest BCUT2D eigenvalue weighted by atomic mass is 9.81. The van der Waals surface area contributed by atoms with Gasteiger partial charge in [-0.05, 0) is 31.9 Å². The van der Waals surface area contributed by atoms with Gasteiger partial charge in [-0.15, -0.1) is 10.2 Å². The van der Waals surface area contributed by atoms with Crippen molar-refractivity contribution in [2.75, 3.05) is 6.54 Å². The van der Waals surface area contributed by atoms with Crippen molar-refractivity contribution in [2.24, 2.45) is 5.92 Å². The number of fused-ring (bicyclic) bond motifs is 1. The number of hydrogen-bond acceptors (Lipinski definition) is 6. The number of aliphatic hydroxyl groups excluding tert-OH is 1. The summed E-state index contributed by atoms with van der Waals surface area (Å²) >= 11 is 0. The molecule has 1 N–H and O–H groups in total. The highest BCUT2D eigenvalue weighted by Crippen LogP contribution is 2.30. The van der Waals surface area contributed by atoms with Crippen LogP contribution in [0.2, 0.25) is 0 Å². The van der Waals surface area contributed by atoms with E-state index in [1.807, 2.05) is 24.0 Å². The Labute approximate surface area is 151 Å². The average Bonchev–Trinajstić information content (AvgIpc) is 2.91. The number of carbonyl (C=O) groups is 1. The fourth-order valence-corrected chi connectivity index (χ4v) is 3.62. The molecular formula is C18H23N5O3. The zero-order valence-corrected chi connectivity index (χ0v) is 14.8. The molecule has 2 aromatic rings. The van der Waals surface area contributed by atoms with Crippen molar-refractivity contribution in [3.05, 3.63) is 36.2 Å². The van der Waals surface area contributed by atoms with Gasteiger partial charge in [-0.1, -0.05) is 0 Å². The second kappa shape index (κ2) is 7.03. The van der Waals surface area contributed by atoms with Gasteiger partial charge < -0.3 is 19.3 Å².